The summed E-state index contributed by atoms with van der Waals surface area (Å²) in [6.07, 6.45) is 6.90. The van der Waals surface area contributed by atoms with Crippen LogP contribution in [0.1, 0.15) is 32.6 Å². The summed E-state index contributed by atoms with van der Waals surface area (Å²) in [4.78, 5) is 0. The van der Waals surface area contributed by atoms with Crippen molar-refractivity contribution in [2.24, 2.45) is 0 Å². The lowest BCUT2D eigenvalue weighted by Gasteiger charge is -2.20. The van der Waals surface area contributed by atoms with Gasteiger partial charge in [0.05, 0.1) is 0 Å². The average Bonchev–Trinajstić information content (AvgIpc) is 2.24. The van der Waals surface area contributed by atoms with Gasteiger partial charge in [0.2, 0.25) is 0 Å². The maximum absolute atomic E-state index is 5.25. The molecule has 0 heterocycles. The van der Waals surface area contributed by atoms with Crippen LogP contribution in [0.2, 0.25) is 0 Å². The van der Waals surface area contributed by atoms with Crippen LogP contribution in [0.25, 0.3) is 0 Å². The van der Waals surface area contributed by atoms with Gasteiger partial charge in [-0.25, -0.2) is 0 Å². The second kappa shape index (κ2) is 8.17. The molecule has 0 saturated heterocycles. The Hall–Kier alpha value is -0.163. The predicted octanol–water partition coefficient (Wildman–Crippen LogP) is 2.54. The Labute approximate surface area is 88.4 Å². The summed E-state index contributed by atoms with van der Waals surface area (Å²) >= 11 is 0. The van der Waals surface area contributed by atoms with Crippen LogP contribution in [0.4, 0.5) is 0 Å². The van der Waals surface area contributed by atoms with E-state index in [9.17, 15) is 0 Å². The summed E-state index contributed by atoms with van der Waals surface area (Å²) in [6, 6.07) is 0. The Morgan fingerprint density at radius 1 is 1.00 bits per heavy atom. The van der Waals surface area contributed by atoms with Gasteiger partial charge in [0.25, 0.3) is 0 Å². The molecule has 0 bridgehead atoms. The maximum atomic E-state index is 5.25. The van der Waals surface area contributed by atoms with E-state index in [1.807, 2.05) is 5.70 Å². The van der Waals surface area contributed by atoms with Crippen molar-refractivity contribution in [3.63, 3.8) is 0 Å². The van der Waals surface area contributed by atoms with Gasteiger partial charge in [-0.3, -0.25) is 0 Å². The maximum Gasteiger partial charge on any atom is 0.528 e. The third kappa shape index (κ3) is 4.90. The van der Waals surface area contributed by atoms with Gasteiger partial charge < -0.3 is 13.3 Å². The van der Waals surface area contributed by atoms with Crippen molar-refractivity contribution in [2.45, 2.75) is 32.6 Å². The van der Waals surface area contributed by atoms with E-state index in [1.54, 1.807) is 21.3 Å². The second-order valence-electron chi connectivity index (χ2n) is 3.11. The van der Waals surface area contributed by atoms with Crippen LogP contribution < -0.4 is 0 Å². The van der Waals surface area contributed by atoms with Crippen LogP contribution >= 0.6 is 0 Å². The zero-order chi connectivity index (χ0) is 10.9. The van der Waals surface area contributed by atoms with Crippen molar-refractivity contribution in [2.75, 3.05) is 21.3 Å². The molecular weight excluding hydrogens is 196 g/mol. The Morgan fingerprint density at radius 2 is 1.57 bits per heavy atom. The summed E-state index contributed by atoms with van der Waals surface area (Å²) in [7, 11) is 2.40. The monoisotopic (exact) mass is 218 g/mol. The van der Waals surface area contributed by atoms with Crippen molar-refractivity contribution in [3.8, 4) is 0 Å². The normalized spacial score (nSPS) is 12.6. The van der Waals surface area contributed by atoms with Crippen LogP contribution in [0.5, 0.6) is 0 Å². The number of hydrogen-bond donors (Lipinski definition) is 0. The molecule has 0 fully saturated rings. The fourth-order valence-electron chi connectivity index (χ4n) is 1.19. The van der Waals surface area contributed by atoms with Gasteiger partial charge >= 0.3 is 8.80 Å². The highest BCUT2D eigenvalue weighted by Gasteiger charge is 2.33. The molecule has 84 valence electrons. The van der Waals surface area contributed by atoms with Gasteiger partial charge in [0, 0.05) is 21.3 Å². The lowest BCUT2D eigenvalue weighted by molar-refractivity contribution is 0.138. The van der Waals surface area contributed by atoms with Crippen molar-refractivity contribution >= 4 is 8.80 Å². The van der Waals surface area contributed by atoms with Gasteiger partial charge in [-0.1, -0.05) is 25.8 Å². The number of allylic oxidation sites excluding steroid dienone is 1. The molecule has 0 unspecified atom stereocenters. The Bertz CT molecular complexity index is 147. The fourth-order valence-corrected chi connectivity index (χ4v) is 2.56. The largest absolute Gasteiger partial charge is 0.528 e. The SMILES string of the molecule is CCCCC/C=C/[Si](OC)(OC)OC. The third-order valence-electron chi connectivity index (χ3n) is 2.15. The molecule has 0 aromatic heterocycles. The molecule has 0 atom stereocenters. The van der Waals surface area contributed by atoms with Crippen LogP contribution in [0.3, 0.4) is 0 Å². The Morgan fingerprint density at radius 3 is 2.00 bits per heavy atom. The van der Waals surface area contributed by atoms with Gasteiger partial charge in [-0.2, -0.15) is 0 Å². The topological polar surface area (TPSA) is 27.7 Å². The molecule has 0 amide bonds. The molecular formula is C10H22O3Si. The first kappa shape index (κ1) is 13.8. The summed E-state index contributed by atoms with van der Waals surface area (Å²) in [6.45, 7) is 2.20. The van der Waals surface area contributed by atoms with Crippen molar-refractivity contribution in [3.05, 3.63) is 11.8 Å². The summed E-state index contributed by atoms with van der Waals surface area (Å²) in [5, 5.41) is 0. The van der Waals surface area contributed by atoms with Crippen LogP contribution in [-0.4, -0.2) is 30.1 Å². The third-order valence-corrected chi connectivity index (χ3v) is 4.50. The van der Waals surface area contributed by atoms with E-state index in [0.29, 0.717) is 0 Å². The molecule has 0 aliphatic heterocycles. The first-order valence-electron chi connectivity index (χ1n) is 5.07. The zero-order valence-corrected chi connectivity index (χ0v) is 10.7. The summed E-state index contributed by atoms with van der Waals surface area (Å²) in [5.74, 6) is 0. The molecule has 0 rings (SSSR count). The van der Waals surface area contributed by atoms with Gasteiger partial charge in [-0.05, 0) is 18.5 Å². The van der Waals surface area contributed by atoms with E-state index in [0.717, 1.165) is 6.42 Å². The standard InChI is InChI=1S/C10H22O3Si/c1-5-6-7-8-9-10-14(11-2,12-3)13-4/h9-10H,5-8H2,1-4H3/b10-9+. The minimum atomic E-state index is -2.46. The van der Waals surface area contributed by atoms with Crippen molar-refractivity contribution in [1.29, 1.82) is 0 Å². The molecule has 3 nitrogen and oxygen atoms in total. The van der Waals surface area contributed by atoms with Crippen molar-refractivity contribution in [1.82, 2.24) is 0 Å². The van der Waals surface area contributed by atoms with E-state index < -0.39 is 8.80 Å². The van der Waals surface area contributed by atoms with Gasteiger partial charge in [-0.15, -0.1) is 0 Å². The number of hydrogen-bond acceptors (Lipinski definition) is 3. The molecule has 0 spiro atoms. The van der Waals surface area contributed by atoms with Crippen LogP contribution in [0.15, 0.2) is 11.8 Å². The van der Waals surface area contributed by atoms with Gasteiger partial charge in [0.15, 0.2) is 0 Å². The quantitative estimate of drug-likeness (QED) is 0.463. The predicted molar refractivity (Wildman–Crippen MR) is 60.1 cm³/mol. The van der Waals surface area contributed by atoms with E-state index in [1.165, 1.54) is 19.3 Å². The molecule has 0 radical (unpaired) electrons. The minimum absolute atomic E-state index is 1.07. The molecule has 0 aliphatic rings. The number of unbranched alkanes of at least 4 members (excludes halogenated alkanes) is 3. The van der Waals surface area contributed by atoms with Gasteiger partial charge in [0.1, 0.15) is 0 Å². The van der Waals surface area contributed by atoms with Crippen LogP contribution in [0, 0.1) is 0 Å². The molecule has 0 N–H and O–H groups in total. The van der Waals surface area contributed by atoms with E-state index >= 15 is 0 Å². The lowest BCUT2D eigenvalue weighted by Crippen LogP contribution is -2.40. The van der Waals surface area contributed by atoms with Crippen LogP contribution in [-0.2, 0) is 13.3 Å². The summed E-state index contributed by atoms with van der Waals surface area (Å²) < 4.78 is 15.8. The summed E-state index contributed by atoms with van der Waals surface area (Å²) in [5.41, 5.74) is 1.95. The lowest BCUT2D eigenvalue weighted by atomic mass is 10.2. The zero-order valence-electron chi connectivity index (χ0n) is 9.71. The first-order chi connectivity index (χ1) is 6.74. The average molecular weight is 218 g/mol. The highest BCUT2D eigenvalue weighted by atomic mass is 28.4. The first-order valence-corrected chi connectivity index (χ1v) is 6.88. The smallest absolute Gasteiger partial charge is 0.374 e. The fraction of sp³-hybridized carbons (Fsp3) is 0.800. The van der Waals surface area contributed by atoms with E-state index in [2.05, 4.69) is 13.0 Å². The Balaban J connectivity index is 3.90. The Kier molecular flexibility index (Phi) is 8.08. The molecule has 4 heteroatoms. The highest BCUT2D eigenvalue weighted by molar-refractivity contribution is 6.66. The molecule has 0 saturated carbocycles. The highest BCUT2D eigenvalue weighted by Crippen LogP contribution is 2.09. The molecule has 0 aromatic carbocycles. The molecule has 0 aliphatic carbocycles. The van der Waals surface area contributed by atoms with Crippen molar-refractivity contribution < 1.29 is 13.3 Å². The minimum Gasteiger partial charge on any atom is -0.374 e. The number of rotatable bonds is 8. The second-order valence-corrected chi connectivity index (χ2v) is 5.88. The molecule has 14 heavy (non-hydrogen) atoms. The van der Waals surface area contributed by atoms with E-state index in [-0.39, 0.29) is 0 Å². The van der Waals surface area contributed by atoms with E-state index in [4.69, 9.17) is 13.3 Å². The molecule has 0 aromatic rings.